The summed E-state index contributed by atoms with van der Waals surface area (Å²) in [6.45, 7) is 5.29. The Kier molecular flexibility index (Phi) is 5.05. The maximum atomic E-state index is 11.1. The summed E-state index contributed by atoms with van der Waals surface area (Å²) in [5.41, 5.74) is 8.60. The third-order valence-electron chi connectivity index (χ3n) is 6.20. The number of pyridine rings is 1. The second-order valence-electron chi connectivity index (χ2n) is 8.28. The number of rotatable bonds is 6. The molecule has 1 aliphatic heterocycles. The van der Waals surface area contributed by atoms with Crippen molar-refractivity contribution in [1.82, 2.24) is 9.38 Å². The van der Waals surface area contributed by atoms with Crippen LogP contribution >= 0.6 is 0 Å². The van der Waals surface area contributed by atoms with Crippen LogP contribution in [0.3, 0.4) is 0 Å². The van der Waals surface area contributed by atoms with Gasteiger partial charge in [-0.15, -0.1) is 0 Å². The summed E-state index contributed by atoms with van der Waals surface area (Å²) >= 11 is 0. The first-order valence-electron chi connectivity index (χ1n) is 10.8. The predicted molar refractivity (Wildman–Crippen MR) is 124 cm³/mol. The van der Waals surface area contributed by atoms with Crippen LogP contribution < -0.4 is 10.1 Å². The zero-order valence-electron chi connectivity index (χ0n) is 18.1. The number of imidazole rings is 1. The highest BCUT2D eigenvalue weighted by molar-refractivity contribution is 5.71. The molecule has 5 rings (SSSR count). The highest BCUT2D eigenvalue weighted by Gasteiger charge is 2.26. The minimum atomic E-state index is -0.801. The lowest BCUT2D eigenvalue weighted by Gasteiger charge is -2.14. The van der Waals surface area contributed by atoms with E-state index in [0.29, 0.717) is 13.2 Å². The van der Waals surface area contributed by atoms with Crippen LogP contribution in [0.15, 0.2) is 60.8 Å². The molecule has 0 aliphatic carbocycles. The van der Waals surface area contributed by atoms with Crippen LogP contribution in [0.4, 0.5) is 5.69 Å². The van der Waals surface area contributed by atoms with E-state index in [1.165, 1.54) is 16.7 Å². The molecule has 0 saturated heterocycles. The number of carboxylic acid groups (broad SMARTS) is 1. The molecule has 1 aliphatic rings. The van der Waals surface area contributed by atoms with Gasteiger partial charge in [0.1, 0.15) is 11.4 Å². The normalized spacial score (nSPS) is 14.9. The van der Waals surface area contributed by atoms with Crippen molar-refractivity contribution in [1.29, 1.82) is 0 Å². The van der Waals surface area contributed by atoms with Gasteiger partial charge >= 0.3 is 5.97 Å². The Morgan fingerprint density at radius 1 is 1.19 bits per heavy atom. The lowest BCUT2D eigenvalue weighted by Crippen LogP contribution is -2.07. The molecule has 6 nitrogen and oxygen atoms in total. The number of hydrogen-bond acceptors (Lipinski definition) is 4. The van der Waals surface area contributed by atoms with E-state index in [4.69, 9.17) is 14.8 Å². The molecule has 4 aromatic rings. The van der Waals surface area contributed by atoms with Crippen LogP contribution in [0, 0.1) is 13.8 Å². The highest BCUT2D eigenvalue weighted by Crippen LogP contribution is 2.38. The molecule has 32 heavy (non-hydrogen) atoms. The number of anilines is 1. The number of fused-ring (bicyclic) bond motifs is 2. The third-order valence-corrected chi connectivity index (χ3v) is 6.20. The summed E-state index contributed by atoms with van der Waals surface area (Å²) in [5, 5.41) is 12.6. The predicted octanol–water partition coefficient (Wildman–Crippen LogP) is 5.18. The molecule has 2 aromatic carbocycles. The van der Waals surface area contributed by atoms with Gasteiger partial charge < -0.3 is 15.2 Å². The zero-order chi connectivity index (χ0) is 22.2. The Morgan fingerprint density at radius 3 is 2.91 bits per heavy atom. The van der Waals surface area contributed by atoms with Crippen LogP contribution in [-0.2, 0) is 11.3 Å². The summed E-state index contributed by atoms with van der Waals surface area (Å²) in [4.78, 5) is 15.8. The minimum absolute atomic E-state index is 0.0795. The van der Waals surface area contributed by atoms with E-state index in [0.717, 1.165) is 34.0 Å². The van der Waals surface area contributed by atoms with Crippen molar-refractivity contribution in [2.24, 2.45) is 0 Å². The van der Waals surface area contributed by atoms with Gasteiger partial charge in [0.2, 0.25) is 0 Å². The third kappa shape index (κ3) is 3.58. The van der Waals surface area contributed by atoms with Crippen molar-refractivity contribution in [3.63, 3.8) is 0 Å². The SMILES string of the molecule is Cc1nc2ccccn2c1-c1cccc(CNc2ccc3c(c2)OCC3CC(=O)O)c1C. The number of ether oxygens (including phenoxy) is 1. The van der Waals surface area contributed by atoms with Crippen molar-refractivity contribution in [2.75, 3.05) is 11.9 Å². The fourth-order valence-electron chi connectivity index (χ4n) is 4.53. The molecule has 1 unspecified atom stereocenters. The molecule has 162 valence electrons. The largest absolute Gasteiger partial charge is 0.493 e. The molecule has 2 aromatic heterocycles. The summed E-state index contributed by atoms with van der Waals surface area (Å²) in [6, 6.07) is 18.4. The first-order chi connectivity index (χ1) is 15.5. The van der Waals surface area contributed by atoms with Crippen molar-refractivity contribution >= 4 is 17.3 Å². The van der Waals surface area contributed by atoms with Crippen LogP contribution in [0.5, 0.6) is 5.75 Å². The second-order valence-corrected chi connectivity index (χ2v) is 8.28. The molecule has 0 fully saturated rings. The standard InChI is InChI=1S/C26H25N3O3/c1-16-18(6-5-7-21(16)26-17(2)28-24-8-3-4-11-29(24)26)14-27-20-9-10-22-19(12-25(30)31)15-32-23(22)13-20/h3-11,13,19,27H,12,14-15H2,1-2H3,(H,30,31). The van der Waals surface area contributed by atoms with Gasteiger partial charge in [0.25, 0.3) is 0 Å². The van der Waals surface area contributed by atoms with Gasteiger partial charge in [-0.05, 0) is 43.2 Å². The van der Waals surface area contributed by atoms with E-state index >= 15 is 0 Å². The maximum absolute atomic E-state index is 11.1. The van der Waals surface area contributed by atoms with Crippen LogP contribution in [0.25, 0.3) is 16.9 Å². The molecule has 0 amide bonds. The number of benzene rings is 2. The number of carbonyl (C=O) groups is 1. The Labute approximate surface area is 186 Å². The van der Waals surface area contributed by atoms with Crippen molar-refractivity contribution in [2.45, 2.75) is 32.7 Å². The topological polar surface area (TPSA) is 75.9 Å². The van der Waals surface area contributed by atoms with Crippen LogP contribution in [-0.4, -0.2) is 27.1 Å². The van der Waals surface area contributed by atoms with Crippen molar-refractivity contribution in [3.8, 4) is 17.0 Å². The van der Waals surface area contributed by atoms with Crippen LogP contribution in [0.2, 0.25) is 0 Å². The average Bonchev–Trinajstić information content (AvgIpc) is 3.32. The molecule has 0 spiro atoms. The van der Waals surface area contributed by atoms with Gasteiger partial charge in [-0.25, -0.2) is 4.98 Å². The maximum Gasteiger partial charge on any atom is 0.304 e. The number of nitrogens with zero attached hydrogens (tertiary/aromatic N) is 2. The summed E-state index contributed by atoms with van der Waals surface area (Å²) in [6.07, 6.45) is 2.14. The molecule has 2 N–H and O–H groups in total. The highest BCUT2D eigenvalue weighted by atomic mass is 16.5. The number of aliphatic carboxylic acids is 1. The Balaban J connectivity index is 1.39. The van der Waals surface area contributed by atoms with E-state index in [9.17, 15) is 4.79 Å². The first kappa shape index (κ1) is 20.1. The molecule has 0 saturated carbocycles. The van der Waals surface area contributed by atoms with Gasteiger partial charge in [-0.1, -0.05) is 30.3 Å². The Hall–Kier alpha value is -3.80. The summed E-state index contributed by atoms with van der Waals surface area (Å²) in [7, 11) is 0. The molecule has 6 heteroatoms. The molecule has 1 atom stereocenters. The van der Waals surface area contributed by atoms with Gasteiger partial charge in [0.05, 0.1) is 24.4 Å². The molecule has 3 heterocycles. The lowest BCUT2D eigenvalue weighted by atomic mass is 9.97. The summed E-state index contributed by atoms with van der Waals surface area (Å²) < 4.78 is 7.88. The Bertz CT molecular complexity index is 1330. The van der Waals surface area contributed by atoms with E-state index in [1.807, 2.05) is 36.4 Å². The number of hydrogen-bond donors (Lipinski definition) is 2. The number of nitrogens with one attached hydrogen (secondary N) is 1. The number of aryl methyl sites for hydroxylation is 1. The fraction of sp³-hybridized carbons (Fsp3) is 0.231. The van der Waals surface area contributed by atoms with Gasteiger partial charge in [-0.3, -0.25) is 9.20 Å². The van der Waals surface area contributed by atoms with Crippen molar-refractivity contribution < 1.29 is 14.6 Å². The van der Waals surface area contributed by atoms with Gasteiger partial charge in [-0.2, -0.15) is 0 Å². The van der Waals surface area contributed by atoms with Crippen LogP contribution in [0.1, 0.15) is 34.7 Å². The lowest BCUT2D eigenvalue weighted by molar-refractivity contribution is -0.137. The Morgan fingerprint density at radius 2 is 2.06 bits per heavy atom. The average molecular weight is 428 g/mol. The second kappa shape index (κ2) is 8.04. The zero-order valence-corrected chi connectivity index (χ0v) is 18.1. The molecule has 0 radical (unpaired) electrons. The number of carboxylic acids is 1. The van der Waals surface area contributed by atoms with E-state index in [2.05, 4.69) is 48.0 Å². The van der Waals surface area contributed by atoms with Gasteiger partial charge in [0, 0.05) is 41.5 Å². The molecular weight excluding hydrogens is 402 g/mol. The molecular formula is C26H25N3O3. The van der Waals surface area contributed by atoms with E-state index in [1.54, 1.807) is 0 Å². The van der Waals surface area contributed by atoms with E-state index < -0.39 is 5.97 Å². The van der Waals surface area contributed by atoms with Gasteiger partial charge in [0.15, 0.2) is 0 Å². The molecule has 0 bridgehead atoms. The summed E-state index contributed by atoms with van der Waals surface area (Å²) in [5.74, 6) is -0.109. The number of aromatic nitrogens is 2. The van der Waals surface area contributed by atoms with E-state index in [-0.39, 0.29) is 12.3 Å². The fourth-order valence-corrected chi connectivity index (χ4v) is 4.53. The quantitative estimate of drug-likeness (QED) is 0.443. The first-order valence-corrected chi connectivity index (χ1v) is 10.8. The monoisotopic (exact) mass is 427 g/mol. The minimum Gasteiger partial charge on any atom is -0.493 e. The van der Waals surface area contributed by atoms with Crippen molar-refractivity contribution in [3.05, 3.63) is 83.2 Å². The smallest absolute Gasteiger partial charge is 0.304 e.